The number of nitrogens with zero attached hydrogens (tertiary/aromatic N) is 1. The maximum absolute atomic E-state index is 12.7. The number of H-pyrrole nitrogens is 1. The molecule has 3 rings (SSSR count). The van der Waals surface area contributed by atoms with Gasteiger partial charge in [-0.25, -0.2) is 9.59 Å². The van der Waals surface area contributed by atoms with E-state index in [2.05, 4.69) is 4.98 Å². The largest absolute Gasteiger partial charge is 0.478 e. The number of nitrogens with one attached hydrogen (secondary N) is 1. The van der Waals surface area contributed by atoms with E-state index in [1.54, 1.807) is 4.98 Å². The predicted molar refractivity (Wildman–Crippen MR) is 94.9 cm³/mol. The van der Waals surface area contributed by atoms with Gasteiger partial charge in [-0.3, -0.25) is 0 Å². The van der Waals surface area contributed by atoms with Crippen molar-refractivity contribution in [3.8, 4) is 11.3 Å². The van der Waals surface area contributed by atoms with Crippen molar-refractivity contribution in [1.82, 2.24) is 9.97 Å². The molecule has 0 spiro atoms. The van der Waals surface area contributed by atoms with E-state index < -0.39 is 23.5 Å². The summed E-state index contributed by atoms with van der Waals surface area (Å²) >= 11 is 5.90. The van der Waals surface area contributed by atoms with Gasteiger partial charge in [0.05, 0.1) is 11.3 Å². The molecule has 0 aliphatic rings. The Hall–Kier alpha value is -3.33. The van der Waals surface area contributed by atoms with E-state index >= 15 is 0 Å². The first-order valence-electron chi connectivity index (χ1n) is 7.63. The molecule has 2 heterocycles. The van der Waals surface area contributed by atoms with Crippen LogP contribution in [-0.4, -0.2) is 21.0 Å². The van der Waals surface area contributed by atoms with Crippen molar-refractivity contribution >= 4 is 29.7 Å². The predicted octanol–water partition coefficient (Wildman–Crippen LogP) is 4.57. The van der Waals surface area contributed by atoms with Crippen molar-refractivity contribution < 1.29 is 27.5 Å². The molecule has 0 atom stereocenters. The van der Waals surface area contributed by atoms with Crippen LogP contribution in [0.25, 0.3) is 23.5 Å². The van der Waals surface area contributed by atoms with Crippen LogP contribution in [0.3, 0.4) is 0 Å². The first-order chi connectivity index (χ1) is 13.1. The molecule has 0 amide bonds. The first kappa shape index (κ1) is 19.4. The Morgan fingerprint density at radius 2 is 1.93 bits per heavy atom. The Balaban J connectivity index is 1.93. The standard InChI is InChI=1S/C18H10ClF3N2O4/c19-9-1-5-12(16(25)26)13(7-9)14-6-4-11(28-14)3-2-10-8-15(18(20,21)22)24-17(27)23-10/h1-8H,(H,25,26)(H,23,24,27)/b3-2+. The second-order valence-electron chi connectivity index (χ2n) is 5.55. The van der Waals surface area contributed by atoms with Gasteiger partial charge in [-0.05, 0) is 48.6 Å². The summed E-state index contributed by atoms with van der Waals surface area (Å²) in [7, 11) is 0. The van der Waals surface area contributed by atoms with E-state index in [1.165, 1.54) is 42.5 Å². The Morgan fingerprint density at radius 1 is 1.18 bits per heavy atom. The Bertz CT molecular complexity index is 1130. The fraction of sp³-hybridized carbons (Fsp3) is 0.0556. The molecule has 0 fully saturated rings. The molecular formula is C18H10ClF3N2O4. The third-order valence-electron chi connectivity index (χ3n) is 3.59. The minimum Gasteiger partial charge on any atom is -0.478 e. The van der Waals surface area contributed by atoms with Crippen LogP contribution in [0.5, 0.6) is 0 Å². The van der Waals surface area contributed by atoms with Crippen molar-refractivity contribution in [2.24, 2.45) is 0 Å². The summed E-state index contributed by atoms with van der Waals surface area (Å²) < 4.78 is 43.7. The van der Waals surface area contributed by atoms with Gasteiger partial charge in [-0.2, -0.15) is 18.2 Å². The number of hydrogen-bond donors (Lipinski definition) is 2. The number of aromatic amines is 1. The van der Waals surface area contributed by atoms with Crippen molar-refractivity contribution in [3.05, 3.63) is 74.6 Å². The number of benzene rings is 1. The number of carbonyl (C=O) groups is 1. The summed E-state index contributed by atoms with van der Waals surface area (Å²) in [4.78, 5) is 27.7. The molecule has 144 valence electrons. The molecule has 0 bridgehead atoms. The number of halogens is 4. The molecule has 28 heavy (non-hydrogen) atoms. The number of carboxylic acid groups (broad SMARTS) is 1. The van der Waals surface area contributed by atoms with E-state index in [0.717, 1.165) is 0 Å². The van der Waals surface area contributed by atoms with E-state index in [9.17, 15) is 27.9 Å². The second-order valence-corrected chi connectivity index (χ2v) is 5.99. The number of furan rings is 1. The Kier molecular flexibility index (Phi) is 5.10. The average Bonchev–Trinajstić information content (AvgIpc) is 3.07. The topological polar surface area (TPSA) is 96.2 Å². The zero-order valence-corrected chi connectivity index (χ0v) is 14.5. The monoisotopic (exact) mass is 410 g/mol. The lowest BCUT2D eigenvalue weighted by atomic mass is 10.1. The highest BCUT2D eigenvalue weighted by Gasteiger charge is 2.32. The van der Waals surface area contributed by atoms with Gasteiger partial charge in [-0.15, -0.1) is 0 Å². The van der Waals surface area contributed by atoms with Crippen LogP contribution in [0.15, 0.2) is 45.6 Å². The molecule has 10 heteroatoms. The molecule has 0 saturated heterocycles. The average molecular weight is 411 g/mol. The number of aromatic carboxylic acids is 1. The number of aromatic nitrogens is 2. The summed E-state index contributed by atoms with van der Waals surface area (Å²) in [6, 6.07) is 7.83. The number of alkyl halides is 3. The van der Waals surface area contributed by atoms with Crippen molar-refractivity contribution in [1.29, 1.82) is 0 Å². The van der Waals surface area contributed by atoms with Gasteiger partial charge in [0.2, 0.25) is 0 Å². The molecule has 6 nitrogen and oxygen atoms in total. The molecule has 0 aliphatic heterocycles. The first-order valence-corrected chi connectivity index (χ1v) is 8.01. The zero-order valence-electron chi connectivity index (χ0n) is 13.7. The summed E-state index contributed by atoms with van der Waals surface area (Å²) in [6.45, 7) is 0. The van der Waals surface area contributed by atoms with Crippen LogP contribution in [0, 0.1) is 0 Å². The van der Waals surface area contributed by atoms with E-state index in [0.29, 0.717) is 11.1 Å². The minimum absolute atomic E-state index is 0.0274. The highest BCUT2D eigenvalue weighted by molar-refractivity contribution is 6.31. The molecule has 0 aliphatic carbocycles. The second kappa shape index (κ2) is 7.35. The van der Waals surface area contributed by atoms with Crippen LogP contribution < -0.4 is 5.69 Å². The molecule has 0 unspecified atom stereocenters. The van der Waals surface area contributed by atoms with Gasteiger partial charge < -0.3 is 14.5 Å². The van der Waals surface area contributed by atoms with Crippen LogP contribution in [0.2, 0.25) is 5.02 Å². The molecule has 1 aromatic carbocycles. The maximum atomic E-state index is 12.7. The highest BCUT2D eigenvalue weighted by atomic mass is 35.5. The normalized spacial score (nSPS) is 11.9. The zero-order chi connectivity index (χ0) is 20.5. The van der Waals surface area contributed by atoms with E-state index in [4.69, 9.17) is 16.0 Å². The van der Waals surface area contributed by atoms with Crippen molar-refractivity contribution in [2.75, 3.05) is 0 Å². The summed E-state index contributed by atoms with van der Waals surface area (Å²) in [5, 5.41) is 9.57. The summed E-state index contributed by atoms with van der Waals surface area (Å²) in [5.74, 6) is -0.760. The Labute approximate surface area is 159 Å². The fourth-order valence-electron chi connectivity index (χ4n) is 2.38. The van der Waals surface area contributed by atoms with Crippen LogP contribution in [0.1, 0.15) is 27.5 Å². The van der Waals surface area contributed by atoms with Crippen LogP contribution in [-0.2, 0) is 6.18 Å². The summed E-state index contributed by atoms with van der Waals surface area (Å²) in [5.41, 5.74) is -2.37. The van der Waals surface area contributed by atoms with Gasteiger partial charge in [0.1, 0.15) is 17.2 Å². The van der Waals surface area contributed by atoms with Crippen LogP contribution >= 0.6 is 11.6 Å². The number of hydrogen-bond acceptors (Lipinski definition) is 4. The molecule has 2 N–H and O–H groups in total. The molecule has 3 aromatic rings. The SMILES string of the molecule is O=C(O)c1ccc(Cl)cc1-c1ccc(/C=C/c2cc(C(F)(F)F)[nH]c(=O)n2)o1. The highest BCUT2D eigenvalue weighted by Crippen LogP contribution is 2.30. The van der Waals surface area contributed by atoms with Gasteiger partial charge >= 0.3 is 17.8 Å². The van der Waals surface area contributed by atoms with Gasteiger partial charge in [0.25, 0.3) is 0 Å². The minimum atomic E-state index is -4.72. The third kappa shape index (κ3) is 4.32. The molecular weight excluding hydrogens is 401 g/mol. The van der Waals surface area contributed by atoms with Gasteiger partial charge in [0.15, 0.2) is 0 Å². The Morgan fingerprint density at radius 3 is 2.61 bits per heavy atom. The number of rotatable bonds is 4. The fourth-order valence-corrected chi connectivity index (χ4v) is 2.55. The van der Waals surface area contributed by atoms with E-state index in [-0.39, 0.29) is 28.3 Å². The van der Waals surface area contributed by atoms with Gasteiger partial charge in [0, 0.05) is 10.6 Å². The van der Waals surface area contributed by atoms with Gasteiger partial charge in [-0.1, -0.05) is 11.6 Å². The van der Waals surface area contributed by atoms with E-state index in [1.807, 2.05) is 0 Å². The van der Waals surface area contributed by atoms with Crippen molar-refractivity contribution in [2.45, 2.75) is 6.18 Å². The lowest BCUT2D eigenvalue weighted by molar-refractivity contribution is -0.141. The lowest BCUT2D eigenvalue weighted by Crippen LogP contribution is -2.19. The maximum Gasteiger partial charge on any atom is 0.431 e. The molecule has 0 saturated carbocycles. The summed E-state index contributed by atoms with van der Waals surface area (Å²) in [6.07, 6.45) is -2.25. The molecule has 2 aromatic heterocycles. The number of carboxylic acids is 1. The quantitative estimate of drug-likeness (QED) is 0.656. The molecule has 0 radical (unpaired) electrons. The third-order valence-corrected chi connectivity index (χ3v) is 3.83. The lowest BCUT2D eigenvalue weighted by Gasteiger charge is -2.05. The smallest absolute Gasteiger partial charge is 0.431 e. The van der Waals surface area contributed by atoms with Crippen molar-refractivity contribution in [3.63, 3.8) is 0 Å². The van der Waals surface area contributed by atoms with Crippen LogP contribution in [0.4, 0.5) is 13.2 Å².